The van der Waals surface area contributed by atoms with Crippen molar-refractivity contribution >= 4 is 35.4 Å². The van der Waals surface area contributed by atoms with Gasteiger partial charge in [-0.05, 0) is 5.57 Å². The standard InChI is InChI=1S/C14H15N3O3S2/c1-16-4-2-9(3-5-16)21-6-8-7-22-13-10(15)12(18)17(13)11(8)14(19)20/h2-5,10,13H,6-7,15H2,1H3/p+1/t10?,13-/m1/s1. The summed E-state index contributed by atoms with van der Waals surface area (Å²) in [5.41, 5.74) is 6.61. The molecule has 0 aliphatic carbocycles. The summed E-state index contributed by atoms with van der Waals surface area (Å²) in [6.07, 6.45) is 3.89. The number of aliphatic carboxylic acids is 1. The van der Waals surface area contributed by atoms with Crippen molar-refractivity contribution in [1.82, 2.24) is 4.90 Å². The van der Waals surface area contributed by atoms with Crippen molar-refractivity contribution in [2.75, 3.05) is 11.5 Å². The summed E-state index contributed by atoms with van der Waals surface area (Å²) in [6.45, 7) is 0. The van der Waals surface area contributed by atoms with Gasteiger partial charge in [0.05, 0.1) is 0 Å². The van der Waals surface area contributed by atoms with E-state index in [1.54, 1.807) is 11.8 Å². The molecule has 2 aliphatic heterocycles. The van der Waals surface area contributed by atoms with E-state index in [1.165, 1.54) is 16.7 Å². The van der Waals surface area contributed by atoms with E-state index in [0.29, 0.717) is 11.5 Å². The summed E-state index contributed by atoms with van der Waals surface area (Å²) in [7, 11) is 1.94. The molecule has 1 amide bonds. The summed E-state index contributed by atoms with van der Waals surface area (Å²) in [4.78, 5) is 25.8. The van der Waals surface area contributed by atoms with Gasteiger partial charge in [-0.15, -0.1) is 23.5 Å². The van der Waals surface area contributed by atoms with Crippen molar-refractivity contribution in [2.24, 2.45) is 12.8 Å². The van der Waals surface area contributed by atoms with E-state index in [0.717, 1.165) is 10.5 Å². The largest absolute Gasteiger partial charge is 0.477 e. The molecule has 8 heteroatoms. The van der Waals surface area contributed by atoms with Crippen LogP contribution < -0.4 is 10.3 Å². The van der Waals surface area contributed by atoms with Crippen LogP contribution >= 0.6 is 23.5 Å². The van der Waals surface area contributed by atoms with E-state index in [4.69, 9.17) is 5.73 Å². The molecule has 6 nitrogen and oxygen atoms in total. The molecule has 1 fully saturated rings. The smallest absolute Gasteiger partial charge is 0.352 e. The van der Waals surface area contributed by atoms with Crippen LogP contribution in [0.1, 0.15) is 0 Å². The number of carboxylic acid groups (broad SMARTS) is 1. The number of aryl methyl sites for hydroxylation is 1. The van der Waals surface area contributed by atoms with Gasteiger partial charge in [0.15, 0.2) is 12.4 Å². The highest BCUT2D eigenvalue weighted by Gasteiger charge is 2.51. The monoisotopic (exact) mass is 338 g/mol. The van der Waals surface area contributed by atoms with Crippen LogP contribution in [0.4, 0.5) is 0 Å². The van der Waals surface area contributed by atoms with E-state index in [-0.39, 0.29) is 17.0 Å². The lowest BCUT2D eigenvalue weighted by Gasteiger charge is -2.48. The molecule has 3 heterocycles. The Morgan fingerprint density at radius 1 is 1.55 bits per heavy atom. The maximum Gasteiger partial charge on any atom is 0.352 e. The van der Waals surface area contributed by atoms with E-state index >= 15 is 0 Å². The van der Waals surface area contributed by atoms with E-state index in [1.807, 2.05) is 36.1 Å². The number of carbonyl (C=O) groups is 2. The van der Waals surface area contributed by atoms with Gasteiger partial charge in [0.2, 0.25) is 5.91 Å². The van der Waals surface area contributed by atoms with Crippen LogP contribution in [0.2, 0.25) is 0 Å². The molecule has 0 spiro atoms. The Morgan fingerprint density at radius 3 is 2.86 bits per heavy atom. The molecule has 2 atom stereocenters. The van der Waals surface area contributed by atoms with E-state index in [2.05, 4.69) is 0 Å². The number of nitrogens with zero attached hydrogens (tertiary/aromatic N) is 2. The van der Waals surface area contributed by atoms with Crippen LogP contribution in [-0.4, -0.2) is 44.8 Å². The molecule has 1 saturated heterocycles. The van der Waals surface area contributed by atoms with E-state index < -0.39 is 12.0 Å². The first-order valence-electron chi connectivity index (χ1n) is 6.72. The highest BCUT2D eigenvalue weighted by molar-refractivity contribution is 8.01. The lowest BCUT2D eigenvalue weighted by molar-refractivity contribution is -0.671. The van der Waals surface area contributed by atoms with Gasteiger partial charge in [0.1, 0.15) is 24.2 Å². The fourth-order valence-corrected chi connectivity index (χ4v) is 4.76. The number of hydrogen-bond donors (Lipinski definition) is 2. The summed E-state index contributed by atoms with van der Waals surface area (Å²) >= 11 is 3.10. The highest BCUT2D eigenvalue weighted by Crippen LogP contribution is 2.40. The first-order chi connectivity index (χ1) is 10.5. The second kappa shape index (κ2) is 5.94. The lowest BCUT2D eigenvalue weighted by Crippen LogP contribution is -2.68. The molecular weight excluding hydrogens is 322 g/mol. The van der Waals surface area contributed by atoms with Gasteiger partial charge in [0.25, 0.3) is 0 Å². The van der Waals surface area contributed by atoms with Crippen LogP contribution in [-0.2, 0) is 16.6 Å². The second-order valence-corrected chi connectivity index (χ2v) is 7.33. The second-order valence-electron chi connectivity index (χ2n) is 5.18. The number of rotatable bonds is 4. The molecule has 1 aromatic heterocycles. The minimum atomic E-state index is -1.05. The Hall–Kier alpha value is -1.51. The van der Waals surface area contributed by atoms with Crippen molar-refractivity contribution in [1.29, 1.82) is 0 Å². The molecule has 116 valence electrons. The van der Waals surface area contributed by atoms with Crippen molar-refractivity contribution in [3.8, 4) is 0 Å². The Bertz CT molecular complexity index is 660. The summed E-state index contributed by atoms with van der Waals surface area (Å²) in [6, 6.07) is 3.38. The van der Waals surface area contributed by atoms with E-state index in [9.17, 15) is 14.7 Å². The molecule has 3 N–H and O–H groups in total. The van der Waals surface area contributed by atoms with Crippen LogP contribution in [0.25, 0.3) is 0 Å². The number of carbonyl (C=O) groups excluding carboxylic acids is 1. The number of hydrogen-bond acceptors (Lipinski definition) is 5. The first-order valence-corrected chi connectivity index (χ1v) is 8.76. The fourth-order valence-electron chi connectivity index (χ4n) is 2.45. The molecule has 0 aromatic carbocycles. The maximum absolute atomic E-state index is 11.8. The fraction of sp³-hybridized carbons (Fsp3) is 0.357. The van der Waals surface area contributed by atoms with Gasteiger partial charge < -0.3 is 10.8 Å². The first kappa shape index (κ1) is 15.4. The number of carboxylic acids is 1. The number of thioether (sulfide) groups is 2. The van der Waals surface area contributed by atoms with Crippen LogP contribution in [0.3, 0.4) is 0 Å². The third kappa shape index (κ3) is 2.62. The number of nitrogens with two attached hydrogens (primary N) is 1. The SMILES string of the molecule is C[n+]1ccc(SCC2=C(C(=O)O)N3C(=O)C(N)[C@H]3SC2)cc1. The van der Waals surface area contributed by atoms with Gasteiger partial charge in [-0.1, -0.05) is 0 Å². The van der Waals surface area contributed by atoms with Gasteiger partial charge in [-0.2, -0.15) is 0 Å². The number of aromatic nitrogens is 1. The Labute approximate surface area is 136 Å². The molecule has 22 heavy (non-hydrogen) atoms. The van der Waals surface area contributed by atoms with Crippen LogP contribution in [0.5, 0.6) is 0 Å². The predicted molar refractivity (Wildman–Crippen MR) is 84.1 cm³/mol. The molecule has 1 unspecified atom stereocenters. The van der Waals surface area contributed by atoms with Crippen LogP contribution in [0, 0.1) is 0 Å². The molecular formula is C14H16N3O3S2+. The number of pyridine rings is 1. The minimum absolute atomic E-state index is 0.115. The molecule has 0 saturated carbocycles. The van der Waals surface area contributed by atoms with Crippen molar-refractivity contribution in [3.63, 3.8) is 0 Å². The molecule has 0 bridgehead atoms. The Balaban J connectivity index is 1.79. The summed E-state index contributed by atoms with van der Waals surface area (Å²) < 4.78 is 1.94. The van der Waals surface area contributed by atoms with Crippen molar-refractivity contribution in [3.05, 3.63) is 35.8 Å². The Morgan fingerprint density at radius 2 is 2.23 bits per heavy atom. The maximum atomic E-state index is 11.8. The van der Waals surface area contributed by atoms with Crippen LogP contribution in [0.15, 0.2) is 40.7 Å². The molecule has 1 aromatic rings. The molecule has 0 radical (unpaired) electrons. The number of fused-ring (bicyclic) bond motifs is 1. The van der Waals surface area contributed by atoms with Gasteiger partial charge >= 0.3 is 5.97 Å². The Kier molecular flexibility index (Phi) is 4.16. The van der Waals surface area contributed by atoms with Crippen molar-refractivity contribution < 1.29 is 19.3 Å². The number of amides is 1. The zero-order valence-corrected chi connectivity index (χ0v) is 13.6. The topological polar surface area (TPSA) is 87.5 Å². The summed E-state index contributed by atoms with van der Waals surface area (Å²) in [5.74, 6) is -0.213. The van der Waals surface area contributed by atoms with Gasteiger partial charge in [0, 0.05) is 28.5 Å². The third-order valence-electron chi connectivity index (χ3n) is 3.65. The van der Waals surface area contributed by atoms with Gasteiger partial charge in [-0.25, -0.2) is 9.36 Å². The lowest BCUT2D eigenvalue weighted by atomic mass is 10.0. The quantitative estimate of drug-likeness (QED) is 0.463. The average molecular weight is 338 g/mol. The number of β-lactam (4-membered cyclic amide) rings is 1. The zero-order chi connectivity index (χ0) is 15.9. The molecule has 3 rings (SSSR count). The average Bonchev–Trinajstić information content (AvgIpc) is 2.52. The zero-order valence-electron chi connectivity index (χ0n) is 11.9. The van der Waals surface area contributed by atoms with Gasteiger partial charge in [-0.3, -0.25) is 9.69 Å². The van der Waals surface area contributed by atoms with Crippen molar-refractivity contribution in [2.45, 2.75) is 16.3 Å². The normalized spacial score (nSPS) is 24.1. The molecule has 2 aliphatic rings. The third-order valence-corrected chi connectivity index (χ3v) is 6.11. The summed E-state index contributed by atoms with van der Waals surface area (Å²) in [5, 5.41) is 9.22. The highest BCUT2D eigenvalue weighted by atomic mass is 32.2. The predicted octanol–water partition coefficient (Wildman–Crippen LogP) is 0.184. The minimum Gasteiger partial charge on any atom is -0.477 e.